The fourth-order valence-electron chi connectivity index (χ4n) is 3.38. The maximum atomic E-state index is 4.84. The Kier molecular flexibility index (Phi) is 3.58. The molecule has 4 rings (SSSR count). The summed E-state index contributed by atoms with van der Waals surface area (Å²) >= 11 is 0. The van der Waals surface area contributed by atoms with E-state index >= 15 is 0 Å². The van der Waals surface area contributed by atoms with Crippen molar-refractivity contribution in [1.82, 2.24) is 25.1 Å². The molecule has 1 aliphatic rings. The van der Waals surface area contributed by atoms with Gasteiger partial charge in [-0.3, -0.25) is 0 Å². The minimum atomic E-state index is 0.438. The van der Waals surface area contributed by atoms with Crippen LogP contribution >= 0.6 is 0 Å². The van der Waals surface area contributed by atoms with Gasteiger partial charge in [0.1, 0.15) is 0 Å². The highest BCUT2D eigenvalue weighted by atomic mass is 15.4. The summed E-state index contributed by atoms with van der Waals surface area (Å²) in [6, 6.07) is 10.5. The monoisotopic (exact) mass is 307 g/mol. The maximum Gasteiger partial charge on any atom is 0.177 e. The summed E-state index contributed by atoms with van der Waals surface area (Å²) in [6.07, 6.45) is 2.19. The zero-order valence-corrected chi connectivity index (χ0v) is 13.6. The van der Waals surface area contributed by atoms with Crippen molar-refractivity contribution in [3.8, 4) is 11.3 Å². The van der Waals surface area contributed by atoms with E-state index in [9.17, 15) is 0 Å². The second-order valence-corrected chi connectivity index (χ2v) is 6.39. The van der Waals surface area contributed by atoms with E-state index in [-0.39, 0.29) is 0 Å². The summed E-state index contributed by atoms with van der Waals surface area (Å²) < 4.78 is 1.94. The van der Waals surface area contributed by atoms with Gasteiger partial charge >= 0.3 is 0 Å². The highest BCUT2D eigenvalue weighted by Crippen LogP contribution is 2.26. The molecule has 23 heavy (non-hydrogen) atoms. The molecule has 1 saturated heterocycles. The molecule has 0 aliphatic carbocycles. The summed E-state index contributed by atoms with van der Waals surface area (Å²) in [5.41, 5.74) is 5.49. The van der Waals surface area contributed by atoms with Crippen LogP contribution in [0.3, 0.4) is 0 Å². The van der Waals surface area contributed by atoms with Crippen LogP contribution in [0.25, 0.3) is 16.9 Å². The molecule has 3 aromatic rings. The molecule has 5 nitrogen and oxygen atoms in total. The molecule has 0 atom stereocenters. The van der Waals surface area contributed by atoms with Crippen LogP contribution < -0.4 is 5.32 Å². The van der Waals surface area contributed by atoms with Crippen molar-refractivity contribution < 1.29 is 0 Å². The Hall–Kier alpha value is -2.27. The number of hydrogen-bond donors (Lipinski definition) is 1. The van der Waals surface area contributed by atoms with Gasteiger partial charge in [0.15, 0.2) is 11.5 Å². The van der Waals surface area contributed by atoms with Crippen LogP contribution in [0.2, 0.25) is 0 Å². The number of nitrogens with zero attached hydrogens (tertiary/aromatic N) is 4. The lowest BCUT2D eigenvalue weighted by Crippen LogP contribution is -2.27. The number of rotatable bonds is 2. The normalized spacial score (nSPS) is 16.1. The van der Waals surface area contributed by atoms with E-state index in [4.69, 9.17) is 5.10 Å². The lowest BCUT2D eigenvalue weighted by molar-refractivity contribution is 0.439. The second kappa shape index (κ2) is 5.74. The molecule has 0 unspecified atom stereocenters. The quantitative estimate of drug-likeness (QED) is 0.791. The molecule has 3 heterocycles. The van der Waals surface area contributed by atoms with Gasteiger partial charge in [-0.1, -0.05) is 23.8 Å². The van der Waals surface area contributed by atoms with E-state index in [1.807, 2.05) is 16.6 Å². The summed E-state index contributed by atoms with van der Waals surface area (Å²) in [7, 11) is 0. The highest BCUT2D eigenvalue weighted by molar-refractivity contribution is 5.64. The molecule has 0 spiro atoms. The third-order valence-electron chi connectivity index (χ3n) is 4.65. The zero-order chi connectivity index (χ0) is 15.8. The van der Waals surface area contributed by atoms with E-state index in [1.54, 1.807) is 0 Å². The Morgan fingerprint density at radius 2 is 1.87 bits per heavy atom. The Bertz CT molecular complexity index is 846. The summed E-state index contributed by atoms with van der Waals surface area (Å²) in [5.74, 6) is 1.43. The largest absolute Gasteiger partial charge is 0.317 e. The predicted octanol–water partition coefficient (Wildman–Crippen LogP) is 2.88. The van der Waals surface area contributed by atoms with Crippen LogP contribution in [0.4, 0.5) is 0 Å². The molecule has 1 aliphatic heterocycles. The van der Waals surface area contributed by atoms with Crippen molar-refractivity contribution in [1.29, 1.82) is 0 Å². The molecule has 118 valence electrons. The van der Waals surface area contributed by atoms with Crippen molar-refractivity contribution in [2.24, 2.45) is 0 Å². The van der Waals surface area contributed by atoms with Crippen molar-refractivity contribution in [3.05, 3.63) is 47.3 Å². The number of piperidine rings is 1. The standard InChI is InChI=1S/C18H21N5/c1-12-3-4-15(13(2)11-12)16-5-6-17-20-21-18(23(17)22-16)14-7-9-19-10-8-14/h3-6,11,14,19H,7-10H2,1-2H3. The van der Waals surface area contributed by atoms with E-state index in [0.29, 0.717) is 5.92 Å². The molecule has 1 fully saturated rings. The van der Waals surface area contributed by atoms with Crippen molar-refractivity contribution >= 4 is 5.65 Å². The van der Waals surface area contributed by atoms with Crippen LogP contribution in [0, 0.1) is 13.8 Å². The van der Waals surface area contributed by atoms with Gasteiger partial charge in [-0.05, 0) is 57.5 Å². The lowest BCUT2D eigenvalue weighted by atomic mass is 9.97. The van der Waals surface area contributed by atoms with Gasteiger partial charge in [0.2, 0.25) is 0 Å². The summed E-state index contributed by atoms with van der Waals surface area (Å²) in [4.78, 5) is 0. The van der Waals surface area contributed by atoms with E-state index in [0.717, 1.165) is 43.1 Å². The summed E-state index contributed by atoms with van der Waals surface area (Å²) in [6.45, 7) is 6.32. The first kappa shape index (κ1) is 14.3. The van der Waals surface area contributed by atoms with Crippen molar-refractivity contribution in [2.45, 2.75) is 32.6 Å². The molecule has 0 amide bonds. The minimum absolute atomic E-state index is 0.438. The lowest BCUT2D eigenvalue weighted by Gasteiger charge is -2.20. The fourth-order valence-corrected chi connectivity index (χ4v) is 3.38. The average molecular weight is 307 g/mol. The van der Waals surface area contributed by atoms with E-state index in [1.165, 1.54) is 16.7 Å². The first-order valence-electron chi connectivity index (χ1n) is 8.23. The number of fused-ring (bicyclic) bond motifs is 1. The third-order valence-corrected chi connectivity index (χ3v) is 4.65. The Morgan fingerprint density at radius 3 is 2.65 bits per heavy atom. The molecular formula is C18H21N5. The molecule has 1 N–H and O–H groups in total. The van der Waals surface area contributed by atoms with Crippen LogP contribution in [-0.2, 0) is 0 Å². The van der Waals surface area contributed by atoms with E-state index in [2.05, 4.69) is 47.6 Å². The molecule has 2 aromatic heterocycles. The van der Waals surface area contributed by atoms with Crippen LogP contribution in [0.15, 0.2) is 30.3 Å². The zero-order valence-electron chi connectivity index (χ0n) is 13.6. The second-order valence-electron chi connectivity index (χ2n) is 6.39. The number of nitrogens with one attached hydrogen (secondary N) is 1. The molecule has 1 aromatic carbocycles. The third kappa shape index (κ3) is 2.61. The van der Waals surface area contributed by atoms with Crippen LogP contribution in [0.5, 0.6) is 0 Å². The van der Waals surface area contributed by atoms with Crippen LogP contribution in [-0.4, -0.2) is 32.9 Å². The van der Waals surface area contributed by atoms with Crippen LogP contribution in [0.1, 0.15) is 35.7 Å². The summed E-state index contributed by atoms with van der Waals surface area (Å²) in [5, 5.41) is 16.9. The minimum Gasteiger partial charge on any atom is -0.317 e. The Labute approximate surface area is 135 Å². The van der Waals surface area contributed by atoms with Gasteiger partial charge in [0.25, 0.3) is 0 Å². The number of aromatic nitrogens is 4. The smallest absolute Gasteiger partial charge is 0.177 e. The number of hydrogen-bond acceptors (Lipinski definition) is 4. The molecule has 0 bridgehead atoms. The number of benzene rings is 1. The van der Waals surface area contributed by atoms with Gasteiger partial charge < -0.3 is 5.32 Å². The van der Waals surface area contributed by atoms with Gasteiger partial charge in [0.05, 0.1) is 5.69 Å². The molecule has 5 heteroatoms. The van der Waals surface area contributed by atoms with Crippen molar-refractivity contribution in [3.63, 3.8) is 0 Å². The molecule has 0 saturated carbocycles. The molecule has 0 radical (unpaired) electrons. The number of aryl methyl sites for hydroxylation is 2. The Balaban J connectivity index is 1.80. The van der Waals surface area contributed by atoms with Gasteiger partial charge in [-0.15, -0.1) is 10.2 Å². The SMILES string of the molecule is Cc1ccc(-c2ccc3nnc(C4CCNCC4)n3n2)c(C)c1. The topological polar surface area (TPSA) is 55.1 Å². The first-order valence-corrected chi connectivity index (χ1v) is 8.23. The van der Waals surface area contributed by atoms with Gasteiger partial charge in [-0.2, -0.15) is 9.61 Å². The first-order chi connectivity index (χ1) is 11.2. The van der Waals surface area contributed by atoms with Gasteiger partial charge in [0, 0.05) is 11.5 Å². The van der Waals surface area contributed by atoms with Crippen molar-refractivity contribution in [2.75, 3.05) is 13.1 Å². The molecular weight excluding hydrogens is 286 g/mol. The van der Waals surface area contributed by atoms with E-state index < -0.39 is 0 Å². The average Bonchev–Trinajstić information content (AvgIpc) is 2.99. The predicted molar refractivity (Wildman–Crippen MR) is 90.5 cm³/mol. The maximum absolute atomic E-state index is 4.84. The highest BCUT2D eigenvalue weighted by Gasteiger charge is 2.21. The van der Waals surface area contributed by atoms with Gasteiger partial charge in [-0.25, -0.2) is 0 Å². The Morgan fingerprint density at radius 1 is 1.04 bits per heavy atom. The fraction of sp³-hybridized carbons (Fsp3) is 0.389.